The Kier molecular flexibility index (Phi) is 7.59. The SMILES string of the molecule is O=C(O)C1CCC(CNCCSCCCO)O1. The number of carbonyl (C=O) groups is 1. The topological polar surface area (TPSA) is 78.8 Å². The van der Waals surface area contributed by atoms with E-state index in [-0.39, 0.29) is 12.7 Å². The van der Waals surface area contributed by atoms with Crippen molar-refractivity contribution in [3.8, 4) is 0 Å². The Bertz CT molecular complexity index is 228. The van der Waals surface area contributed by atoms with Crippen LogP contribution >= 0.6 is 11.8 Å². The Morgan fingerprint density at radius 1 is 1.41 bits per heavy atom. The Morgan fingerprint density at radius 3 is 2.88 bits per heavy atom. The summed E-state index contributed by atoms with van der Waals surface area (Å²) in [5.41, 5.74) is 0. The van der Waals surface area contributed by atoms with Crippen molar-refractivity contribution < 1.29 is 19.7 Å². The molecule has 2 atom stereocenters. The number of aliphatic hydroxyl groups excluding tert-OH is 1. The van der Waals surface area contributed by atoms with Crippen molar-refractivity contribution in [2.45, 2.75) is 31.5 Å². The first-order valence-electron chi connectivity index (χ1n) is 6.01. The Balaban J connectivity index is 1.92. The van der Waals surface area contributed by atoms with E-state index in [1.807, 2.05) is 11.8 Å². The van der Waals surface area contributed by atoms with E-state index >= 15 is 0 Å². The van der Waals surface area contributed by atoms with Gasteiger partial charge in [0.2, 0.25) is 0 Å². The van der Waals surface area contributed by atoms with Gasteiger partial charge in [0.25, 0.3) is 0 Å². The lowest BCUT2D eigenvalue weighted by atomic mass is 10.2. The number of carboxylic acids is 1. The summed E-state index contributed by atoms with van der Waals surface area (Å²) in [7, 11) is 0. The first-order valence-corrected chi connectivity index (χ1v) is 7.17. The van der Waals surface area contributed by atoms with Gasteiger partial charge in [-0.3, -0.25) is 0 Å². The van der Waals surface area contributed by atoms with Crippen LogP contribution in [0.3, 0.4) is 0 Å². The van der Waals surface area contributed by atoms with E-state index in [9.17, 15) is 4.79 Å². The third-order valence-corrected chi connectivity index (χ3v) is 3.70. The molecule has 0 radical (unpaired) electrons. The zero-order chi connectivity index (χ0) is 12.5. The summed E-state index contributed by atoms with van der Waals surface area (Å²) in [6.07, 6.45) is 1.71. The standard InChI is InChI=1S/C11H21NO4S/c13-5-1-6-17-7-4-12-8-9-2-3-10(16-9)11(14)15/h9-10,12-13H,1-8H2,(H,14,15). The number of carboxylic acid groups (broad SMARTS) is 1. The summed E-state index contributed by atoms with van der Waals surface area (Å²) >= 11 is 1.81. The summed E-state index contributed by atoms with van der Waals surface area (Å²) < 4.78 is 5.37. The van der Waals surface area contributed by atoms with E-state index in [1.165, 1.54) is 0 Å². The summed E-state index contributed by atoms with van der Waals surface area (Å²) in [5, 5.41) is 20.6. The number of nitrogens with one attached hydrogen (secondary N) is 1. The highest BCUT2D eigenvalue weighted by molar-refractivity contribution is 7.99. The molecule has 100 valence electrons. The van der Waals surface area contributed by atoms with E-state index in [4.69, 9.17) is 14.9 Å². The van der Waals surface area contributed by atoms with Gasteiger partial charge in [-0.1, -0.05) is 0 Å². The monoisotopic (exact) mass is 263 g/mol. The first-order chi connectivity index (χ1) is 8.24. The molecule has 3 N–H and O–H groups in total. The van der Waals surface area contributed by atoms with Crippen molar-refractivity contribution in [1.82, 2.24) is 5.32 Å². The lowest BCUT2D eigenvalue weighted by Gasteiger charge is -2.12. The van der Waals surface area contributed by atoms with Gasteiger partial charge in [-0.05, 0) is 25.0 Å². The molecule has 5 nitrogen and oxygen atoms in total. The lowest BCUT2D eigenvalue weighted by molar-refractivity contribution is -0.149. The van der Waals surface area contributed by atoms with Crippen molar-refractivity contribution in [2.24, 2.45) is 0 Å². The molecule has 1 fully saturated rings. The number of hydrogen-bond donors (Lipinski definition) is 3. The summed E-state index contributed by atoms with van der Waals surface area (Å²) in [6, 6.07) is 0. The number of rotatable bonds is 9. The maximum absolute atomic E-state index is 10.7. The highest BCUT2D eigenvalue weighted by atomic mass is 32.2. The molecule has 17 heavy (non-hydrogen) atoms. The van der Waals surface area contributed by atoms with Crippen molar-refractivity contribution in [3.63, 3.8) is 0 Å². The van der Waals surface area contributed by atoms with Crippen LogP contribution in [-0.2, 0) is 9.53 Å². The molecule has 0 amide bonds. The number of aliphatic carboxylic acids is 1. The average Bonchev–Trinajstić information content (AvgIpc) is 2.77. The summed E-state index contributed by atoms with van der Waals surface area (Å²) in [6.45, 7) is 1.88. The molecular weight excluding hydrogens is 242 g/mol. The predicted molar refractivity (Wildman–Crippen MR) is 67.4 cm³/mol. The van der Waals surface area contributed by atoms with E-state index in [2.05, 4.69) is 5.32 Å². The molecule has 1 rings (SSSR count). The van der Waals surface area contributed by atoms with Crippen molar-refractivity contribution in [2.75, 3.05) is 31.2 Å². The van der Waals surface area contributed by atoms with E-state index in [1.54, 1.807) is 0 Å². The van der Waals surface area contributed by atoms with Gasteiger partial charge in [0.1, 0.15) is 0 Å². The van der Waals surface area contributed by atoms with E-state index in [0.29, 0.717) is 6.42 Å². The van der Waals surface area contributed by atoms with Crippen LogP contribution in [0, 0.1) is 0 Å². The molecule has 0 saturated carbocycles. The van der Waals surface area contributed by atoms with Gasteiger partial charge in [0.15, 0.2) is 6.10 Å². The highest BCUT2D eigenvalue weighted by Gasteiger charge is 2.29. The Labute approximate surface area is 106 Å². The van der Waals surface area contributed by atoms with Gasteiger partial charge < -0.3 is 20.3 Å². The average molecular weight is 263 g/mol. The van der Waals surface area contributed by atoms with Crippen molar-refractivity contribution >= 4 is 17.7 Å². The molecular formula is C11H21NO4S. The molecule has 0 bridgehead atoms. The molecule has 0 aromatic heterocycles. The zero-order valence-corrected chi connectivity index (χ0v) is 10.7. The molecule has 0 aliphatic carbocycles. The van der Waals surface area contributed by atoms with Gasteiger partial charge in [-0.2, -0.15) is 11.8 Å². The Hall–Kier alpha value is -0.300. The van der Waals surface area contributed by atoms with Crippen LogP contribution in [0.5, 0.6) is 0 Å². The van der Waals surface area contributed by atoms with Gasteiger partial charge in [0, 0.05) is 25.4 Å². The summed E-state index contributed by atoms with van der Waals surface area (Å²) in [4.78, 5) is 10.7. The Morgan fingerprint density at radius 2 is 2.24 bits per heavy atom. The van der Waals surface area contributed by atoms with E-state index in [0.717, 1.165) is 37.4 Å². The molecule has 6 heteroatoms. The predicted octanol–water partition coefficient (Wildman–Crippen LogP) is 0.324. The lowest BCUT2D eigenvalue weighted by Crippen LogP contribution is -2.30. The maximum Gasteiger partial charge on any atom is 0.332 e. The third kappa shape index (κ3) is 6.26. The minimum absolute atomic E-state index is 0.0403. The van der Waals surface area contributed by atoms with Gasteiger partial charge in [-0.25, -0.2) is 4.79 Å². The number of thioether (sulfide) groups is 1. The molecule has 1 aliphatic rings. The van der Waals surface area contributed by atoms with Gasteiger partial charge in [-0.15, -0.1) is 0 Å². The fourth-order valence-corrected chi connectivity index (χ4v) is 2.54. The molecule has 1 saturated heterocycles. The number of hydrogen-bond acceptors (Lipinski definition) is 5. The largest absolute Gasteiger partial charge is 0.479 e. The van der Waals surface area contributed by atoms with Crippen LogP contribution in [0.4, 0.5) is 0 Å². The molecule has 0 spiro atoms. The second-order valence-corrected chi connectivity index (χ2v) is 5.28. The van der Waals surface area contributed by atoms with Crippen LogP contribution in [0.1, 0.15) is 19.3 Å². The minimum atomic E-state index is -0.855. The number of ether oxygens (including phenoxy) is 1. The quantitative estimate of drug-likeness (QED) is 0.520. The molecule has 2 unspecified atom stereocenters. The van der Waals surface area contributed by atoms with Crippen LogP contribution < -0.4 is 5.32 Å². The smallest absolute Gasteiger partial charge is 0.332 e. The fourth-order valence-electron chi connectivity index (χ4n) is 1.71. The summed E-state index contributed by atoms with van der Waals surface area (Å²) in [5.74, 6) is 1.14. The first kappa shape index (κ1) is 14.8. The zero-order valence-electron chi connectivity index (χ0n) is 9.93. The van der Waals surface area contributed by atoms with Crippen molar-refractivity contribution in [3.05, 3.63) is 0 Å². The highest BCUT2D eigenvalue weighted by Crippen LogP contribution is 2.19. The van der Waals surface area contributed by atoms with E-state index < -0.39 is 12.1 Å². The van der Waals surface area contributed by atoms with Crippen LogP contribution in [0.2, 0.25) is 0 Å². The van der Waals surface area contributed by atoms with Crippen molar-refractivity contribution in [1.29, 1.82) is 0 Å². The van der Waals surface area contributed by atoms with Crippen LogP contribution in [0.15, 0.2) is 0 Å². The normalized spacial score (nSPS) is 24.1. The molecule has 0 aromatic rings. The molecule has 0 aromatic carbocycles. The van der Waals surface area contributed by atoms with Gasteiger partial charge in [0.05, 0.1) is 6.10 Å². The fraction of sp³-hybridized carbons (Fsp3) is 0.909. The van der Waals surface area contributed by atoms with Crippen LogP contribution in [-0.4, -0.2) is 59.6 Å². The third-order valence-electron chi connectivity index (χ3n) is 2.62. The van der Waals surface area contributed by atoms with Crippen LogP contribution in [0.25, 0.3) is 0 Å². The maximum atomic E-state index is 10.7. The second kappa shape index (κ2) is 8.74. The number of aliphatic hydroxyl groups is 1. The minimum Gasteiger partial charge on any atom is -0.479 e. The molecule has 1 aliphatic heterocycles. The second-order valence-electron chi connectivity index (χ2n) is 4.06. The molecule has 1 heterocycles. The van der Waals surface area contributed by atoms with Gasteiger partial charge >= 0.3 is 5.97 Å².